The topological polar surface area (TPSA) is 77.3 Å². The summed E-state index contributed by atoms with van der Waals surface area (Å²) in [5, 5.41) is 0. The van der Waals surface area contributed by atoms with E-state index in [0.29, 0.717) is 12.5 Å². The number of carbonyl (C=O) groups is 2. The Balaban J connectivity index is 1.97. The highest BCUT2D eigenvalue weighted by atomic mass is 16.5. The van der Waals surface area contributed by atoms with E-state index in [1.165, 1.54) is 0 Å². The van der Waals surface area contributed by atoms with Gasteiger partial charge < -0.3 is 9.30 Å². The second-order valence-electron chi connectivity index (χ2n) is 7.07. The second kappa shape index (κ2) is 8.03. The maximum atomic E-state index is 13.5. The Morgan fingerprint density at radius 3 is 2.62 bits per heavy atom. The number of esters is 1. The molecular weight excluding hydrogens is 368 g/mol. The van der Waals surface area contributed by atoms with Crippen LogP contribution < -0.4 is 4.90 Å². The highest BCUT2D eigenvalue weighted by Gasteiger charge is 2.47. The van der Waals surface area contributed by atoms with E-state index >= 15 is 0 Å². The molecule has 1 aliphatic rings. The van der Waals surface area contributed by atoms with E-state index < -0.39 is 17.9 Å². The first-order valence-electron chi connectivity index (χ1n) is 10.0. The van der Waals surface area contributed by atoms with Gasteiger partial charge in [0.25, 0.3) is 0 Å². The number of rotatable bonds is 6. The fourth-order valence-electron chi connectivity index (χ4n) is 3.94. The van der Waals surface area contributed by atoms with Crippen LogP contribution in [0, 0.1) is 5.92 Å². The lowest BCUT2D eigenvalue weighted by Crippen LogP contribution is -2.50. The quantitative estimate of drug-likeness (QED) is 0.475. The number of aromatic nitrogens is 3. The van der Waals surface area contributed by atoms with Crippen LogP contribution in [0.15, 0.2) is 48.8 Å². The van der Waals surface area contributed by atoms with Gasteiger partial charge in [-0.15, -0.1) is 0 Å². The third-order valence-electron chi connectivity index (χ3n) is 5.27. The van der Waals surface area contributed by atoms with Crippen LogP contribution in [0.1, 0.15) is 38.3 Å². The van der Waals surface area contributed by atoms with Crippen LogP contribution >= 0.6 is 0 Å². The Labute approximate surface area is 169 Å². The highest BCUT2D eigenvalue weighted by Crippen LogP contribution is 2.41. The molecule has 0 fully saturated rings. The van der Waals surface area contributed by atoms with Crippen molar-refractivity contribution in [2.45, 2.75) is 32.7 Å². The average Bonchev–Trinajstić information content (AvgIpc) is 3.12. The largest absolute Gasteiger partial charge is 0.465 e. The minimum absolute atomic E-state index is 0.220. The van der Waals surface area contributed by atoms with Crippen LogP contribution in [0.5, 0.6) is 0 Å². The Morgan fingerprint density at radius 1 is 1.14 bits per heavy atom. The Kier molecular flexibility index (Phi) is 5.29. The van der Waals surface area contributed by atoms with E-state index in [2.05, 4.69) is 11.9 Å². The zero-order valence-corrected chi connectivity index (χ0v) is 16.6. The molecule has 0 radical (unpaired) electrons. The number of benzene rings is 1. The van der Waals surface area contributed by atoms with Gasteiger partial charge in [0.05, 0.1) is 23.7 Å². The Bertz CT molecular complexity index is 1030. The molecule has 0 aliphatic carbocycles. The van der Waals surface area contributed by atoms with Gasteiger partial charge in [0, 0.05) is 18.9 Å². The molecule has 150 valence electrons. The monoisotopic (exact) mass is 392 g/mol. The number of carbonyl (C=O) groups excluding carboxylic acids is 2. The number of fused-ring (bicyclic) bond motifs is 3. The van der Waals surface area contributed by atoms with E-state index in [0.717, 1.165) is 29.4 Å². The fraction of sp³-hybridized carbons (Fsp3) is 0.364. The maximum Gasteiger partial charge on any atom is 0.321 e. The molecule has 0 N–H and O–H groups in total. The summed E-state index contributed by atoms with van der Waals surface area (Å²) in [6, 6.07) is 10.9. The smallest absolute Gasteiger partial charge is 0.321 e. The number of unbranched alkanes of at least 4 members (excludes halogenated alkanes) is 1. The van der Waals surface area contributed by atoms with Gasteiger partial charge in [-0.1, -0.05) is 25.5 Å². The number of para-hydroxylation sites is 2. The standard InChI is InChI=1S/C22H24N4O3/c1-3-5-14-25-20(27)18(21(28)29-4-2)19(15-10-12-23-13-11-15)26-17-9-7-6-8-16(17)24-22(25)26/h6-13,18-19H,3-5,14H2,1-2H3/t18-,19+/m0/s1. The molecule has 0 saturated heterocycles. The van der Waals surface area contributed by atoms with Gasteiger partial charge in [-0.3, -0.25) is 19.5 Å². The van der Waals surface area contributed by atoms with Crippen molar-refractivity contribution in [2.75, 3.05) is 18.1 Å². The van der Waals surface area contributed by atoms with Crippen molar-refractivity contribution >= 4 is 28.9 Å². The molecule has 0 unspecified atom stereocenters. The summed E-state index contributed by atoms with van der Waals surface area (Å²) in [7, 11) is 0. The van der Waals surface area contributed by atoms with Crippen LogP contribution in [-0.4, -0.2) is 39.6 Å². The molecule has 3 aromatic rings. The Hall–Kier alpha value is -3.22. The molecule has 2 atom stereocenters. The molecule has 0 spiro atoms. The van der Waals surface area contributed by atoms with Gasteiger partial charge in [-0.05, 0) is 43.2 Å². The first-order valence-corrected chi connectivity index (χ1v) is 10.0. The lowest BCUT2D eigenvalue weighted by Gasteiger charge is -2.37. The van der Waals surface area contributed by atoms with E-state index in [-0.39, 0.29) is 12.5 Å². The third-order valence-corrected chi connectivity index (χ3v) is 5.27. The summed E-state index contributed by atoms with van der Waals surface area (Å²) in [6.45, 7) is 4.55. The summed E-state index contributed by atoms with van der Waals surface area (Å²) in [4.78, 5) is 37.0. The van der Waals surface area contributed by atoms with Gasteiger partial charge in [0.15, 0.2) is 5.92 Å². The summed E-state index contributed by atoms with van der Waals surface area (Å²) in [6.07, 6.45) is 5.10. The summed E-state index contributed by atoms with van der Waals surface area (Å²) < 4.78 is 7.33. The molecule has 2 aromatic heterocycles. The molecule has 1 amide bonds. The molecule has 0 bridgehead atoms. The first kappa shape index (κ1) is 19.1. The van der Waals surface area contributed by atoms with Gasteiger partial charge in [0.1, 0.15) is 0 Å². The minimum Gasteiger partial charge on any atom is -0.465 e. The summed E-state index contributed by atoms with van der Waals surface area (Å²) in [5.74, 6) is -1.17. The number of amides is 1. The van der Waals surface area contributed by atoms with E-state index in [4.69, 9.17) is 9.72 Å². The Morgan fingerprint density at radius 2 is 1.90 bits per heavy atom. The lowest BCUT2D eigenvalue weighted by molar-refractivity contribution is -0.153. The molecule has 0 saturated carbocycles. The van der Waals surface area contributed by atoms with Crippen molar-refractivity contribution in [3.8, 4) is 0 Å². The molecular formula is C22H24N4O3. The van der Waals surface area contributed by atoms with Crippen molar-refractivity contribution in [3.05, 3.63) is 54.4 Å². The molecule has 1 aliphatic heterocycles. The number of hydrogen-bond acceptors (Lipinski definition) is 5. The number of anilines is 1. The maximum absolute atomic E-state index is 13.5. The number of ether oxygens (including phenoxy) is 1. The molecule has 3 heterocycles. The second-order valence-corrected chi connectivity index (χ2v) is 7.07. The van der Waals surface area contributed by atoms with Gasteiger partial charge >= 0.3 is 5.97 Å². The van der Waals surface area contributed by atoms with Crippen LogP contribution in [0.3, 0.4) is 0 Å². The van der Waals surface area contributed by atoms with Crippen molar-refractivity contribution < 1.29 is 14.3 Å². The van der Waals surface area contributed by atoms with E-state index in [1.54, 1.807) is 24.2 Å². The van der Waals surface area contributed by atoms with Crippen LogP contribution in [0.25, 0.3) is 11.0 Å². The summed E-state index contributed by atoms with van der Waals surface area (Å²) in [5.41, 5.74) is 2.50. The zero-order chi connectivity index (χ0) is 20.4. The molecule has 29 heavy (non-hydrogen) atoms. The van der Waals surface area contributed by atoms with E-state index in [1.807, 2.05) is 41.0 Å². The normalized spacial score (nSPS) is 18.7. The number of pyridine rings is 1. The zero-order valence-electron chi connectivity index (χ0n) is 16.6. The first-order chi connectivity index (χ1) is 14.2. The third kappa shape index (κ3) is 3.26. The van der Waals surface area contributed by atoms with Crippen LogP contribution in [-0.2, 0) is 14.3 Å². The molecule has 7 nitrogen and oxygen atoms in total. The van der Waals surface area contributed by atoms with Crippen molar-refractivity contribution in [2.24, 2.45) is 5.92 Å². The SMILES string of the molecule is CCCCN1C(=O)[C@@H](C(=O)OCC)[C@@H](c2ccncc2)n2c1nc1ccccc12. The van der Waals surface area contributed by atoms with Crippen molar-refractivity contribution in [1.29, 1.82) is 0 Å². The minimum atomic E-state index is -0.973. The van der Waals surface area contributed by atoms with Crippen LogP contribution in [0.2, 0.25) is 0 Å². The van der Waals surface area contributed by atoms with Gasteiger partial charge in [0.2, 0.25) is 11.9 Å². The van der Waals surface area contributed by atoms with Gasteiger partial charge in [-0.25, -0.2) is 4.98 Å². The molecule has 1 aromatic carbocycles. The highest BCUT2D eigenvalue weighted by molar-refractivity contribution is 6.08. The number of imidazole rings is 1. The number of hydrogen-bond donors (Lipinski definition) is 0. The lowest BCUT2D eigenvalue weighted by atomic mass is 9.90. The van der Waals surface area contributed by atoms with Crippen molar-refractivity contribution in [3.63, 3.8) is 0 Å². The predicted molar refractivity (Wildman–Crippen MR) is 109 cm³/mol. The summed E-state index contributed by atoms with van der Waals surface area (Å²) >= 11 is 0. The fourth-order valence-corrected chi connectivity index (χ4v) is 3.94. The number of nitrogens with zero attached hydrogens (tertiary/aromatic N) is 4. The van der Waals surface area contributed by atoms with Gasteiger partial charge in [-0.2, -0.15) is 0 Å². The van der Waals surface area contributed by atoms with E-state index in [9.17, 15) is 9.59 Å². The average molecular weight is 392 g/mol. The predicted octanol–water partition coefficient (Wildman–Crippen LogP) is 3.35. The van der Waals surface area contributed by atoms with Crippen molar-refractivity contribution in [1.82, 2.24) is 14.5 Å². The molecule has 4 rings (SSSR count). The van der Waals surface area contributed by atoms with Crippen LogP contribution in [0.4, 0.5) is 5.95 Å². The molecule has 7 heteroatoms.